The zero-order chi connectivity index (χ0) is 12.6. The maximum absolute atomic E-state index is 10.3. The monoisotopic (exact) mass is 253 g/mol. The number of hydrogen-bond acceptors (Lipinski definition) is 2. The molecule has 2 rings (SSSR count). The lowest BCUT2D eigenvalue weighted by Gasteiger charge is -2.18. The van der Waals surface area contributed by atoms with Crippen LogP contribution in [0.5, 0.6) is 5.75 Å². The average molecular weight is 254 g/mol. The quantitative estimate of drug-likeness (QED) is 0.848. The molecule has 94 valence electrons. The van der Waals surface area contributed by atoms with Crippen molar-refractivity contribution in [2.45, 2.75) is 46.1 Å². The summed E-state index contributed by atoms with van der Waals surface area (Å²) >= 11 is 6.31. The van der Waals surface area contributed by atoms with Crippen LogP contribution in [0.2, 0.25) is 5.02 Å². The van der Waals surface area contributed by atoms with Gasteiger partial charge in [0.15, 0.2) is 0 Å². The predicted octanol–water partition coefficient (Wildman–Crippen LogP) is 3.27. The van der Waals surface area contributed by atoms with Crippen LogP contribution in [0, 0.1) is 20.8 Å². The summed E-state index contributed by atoms with van der Waals surface area (Å²) in [5.74, 6) is 0.429. The fourth-order valence-corrected chi connectivity index (χ4v) is 2.84. The van der Waals surface area contributed by atoms with Crippen molar-refractivity contribution in [1.82, 2.24) is 5.32 Å². The molecule has 0 bridgehead atoms. The average Bonchev–Trinajstić information content (AvgIpc) is 2.82. The van der Waals surface area contributed by atoms with Gasteiger partial charge in [0.25, 0.3) is 0 Å². The van der Waals surface area contributed by atoms with E-state index >= 15 is 0 Å². The second kappa shape index (κ2) is 4.87. The third kappa shape index (κ3) is 2.29. The van der Waals surface area contributed by atoms with Gasteiger partial charge in [-0.25, -0.2) is 0 Å². The molecule has 1 fully saturated rings. The summed E-state index contributed by atoms with van der Waals surface area (Å²) in [4.78, 5) is 0. The lowest BCUT2D eigenvalue weighted by molar-refractivity contribution is 0.456. The Balaban J connectivity index is 2.38. The van der Waals surface area contributed by atoms with Crippen LogP contribution in [0.1, 0.15) is 35.1 Å². The minimum absolute atomic E-state index is 0.429. The third-order valence-electron chi connectivity index (χ3n) is 3.93. The van der Waals surface area contributed by atoms with E-state index in [1.165, 1.54) is 12.8 Å². The highest BCUT2D eigenvalue weighted by atomic mass is 35.5. The lowest BCUT2D eigenvalue weighted by atomic mass is 9.94. The van der Waals surface area contributed by atoms with E-state index < -0.39 is 0 Å². The van der Waals surface area contributed by atoms with Crippen LogP contribution < -0.4 is 5.32 Å². The van der Waals surface area contributed by atoms with Gasteiger partial charge < -0.3 is 10.4 Å². The maximum Gasteiger partial charge on any atom is 0.122 e. The van der Waals surface area contributed by atoms with Gasteiger partial charge in [-0.3, -0.25) is 0 Å². The van der Waals surface area contributed by atoms with Crippen molar-refractivity contribution >= 4 is 11.6 Å². The van der Waals surface area contributed by atoms with Gasteiger partial charge in [0.05, 0.1) is 0 Å². The van der Waals surface area contributed by atoms with Gasteiger partial charge in [0, 0.05) is 16.6 Å². The van der Waals surface area contributed by atoms with Gasteiger partial charge in [0.1, 0.15) is 5.75 Å². The van der Waals surface area contributed by atoms with E-state index in [1.807, 2.05) is 20.8 Å². The standard InChI is InChI=1S/C14H20ClNO/c1-8-9(2)14(17)12(10(3)13(8)15)7-11-5-4-6-16-11/h11,16-17H,4-7H2,1-3H3. The van der Waals surface area contributed by atoms with Crippen LogP contribution in [-0.2, 0) is 6.42 Å². The number of halogens is 1. The van der Waals surface area contributed by atoms with Crippen LogP contribution in [0.4, 0.5) is 0 Å². The van der Waals surface area contributed by atoms with Crippen molar-refractivity contribution in [3.63, 3.8) is 0 Å². The molecule has 0 saturated carbocycles. The van der Waals surface area contributed by atoms with Crippen molar-refractivity contribution in [1.29, 1.82) is 0 Å². The normalized spacial score (nSPS) is 19.9. The third-order valence-corrected chi connectivity index (χ3v) is 4.49. The van der Waals surface area contributed by atoms with E-state index in [-0.39, 0.29) is 0 Å². The van der Waals surface area contributed by atoms with Gasteiger partial charge >= 0.3 is 0 Å². The van der Waals surface area contributed by atoms with Crippen molar-refractivity contribution in [2.24, 2.45) is 0 Å². The second-order valence-corrected chi connectivity index (χ2v) is 5.39. The Morgan fingerprint density at radius 3 is 2.53 bits per heavy atom. The van der Waals surface area contributed by atoms with E-state index in [0.29, 0.717) is 11.8 Å². The number of benzene rings is 1. The van der Waals surface area contributed by atoms with E-state index in [1.54, 1.807) is 0 Å². The van der Waals surface area contributed by atoms with Gasteiger partial charge in [-0.15, -0.1) is 0 Å². The minimum atomic E-state index is 0.429. The molecule has 0 aliphatic carbocycles. The SMILES string of the molecule is Cc1c(C)c(Cl)c(C)c(CC2CCCN2)c1O. The molecule has 2 nitrogen and oxygen atoms in total. The molecule has 0 amide bonds. The molecule has 0 aromatic heterocycles. The molecule has 1 atom stereocenters. The Hall–Kier alpha value is -0.730. The number of aromatic hydroxyl groups is 1. The van der Waals surface area contributed by atoms with Crippen LogP contribution in [-0.4, -0.2) is 17.7 Å². The molecular weight excluding hydrogens is 234 g/mol. The molecule has 1 aromatic carbocycles. The largest absolute Gasteiger partial charge is 0.507 e. The molecule has 0 radical (unpaired) electrons. The number of phenols is 1. The van der Waals surface area contributed by atoms with Crippen LogP contribution in [0.25, 0.3) is 0 Å². The summed E-state index contributed by atoms with van der Waals surface area (Å²) in [6.07, 6.45) is 3.28. The van der Waals surface area contributed by atoms with E-state index in [4.69, 9.17) is 11.6 Å². The summed E-state index contributed by atoms with van der Waals surface area (Å²) in [7, 11) is 0. The first-order valence-corrected chi connectivity index (χ1v) is 6.60. The van der Waals surface area contributed by atoms with Gasteiger partial charge in [-0.1, -0.05) is 11.6 Å². The number of hydrogen-bond donors (Lipinski definition) is 2. The molecule has 1 aliphatic heterocycles. The van der Waals surface area contributed by atoms with Crippen molar-refractivity contribution in [2.75, 3.05) is 6.54 Å². The van der Waals surface area contributed by atoms with Gasteiger partial charge in [-0.2, -0.15) is 0 Å². The lowest BCUT2D eigenvalue weighted by Crippen LogP contribution is -2.24. The van der Waals surface area contributed by atoms with Crippen LogP contribution in [0.3, 0.4) is 0 Å². The van der Waals surface area contributed by atoms with E-state index in [9.17, 15) is 5.11 Å². The van der Waals surface area contributed by atoms with Crippen molar-refractivity contribution in [3.8, 4) is 5.75 Å². The molecule has 2 N–H and O–H groups in total. The summed E-state index contributed by atoms with van der Waals surface area (Å²) in [5, 5.41) is 14.5. The Kier molecular flexibility index (Phi) is 3.64. The molecule has 1 aromatic rings. The maximum atomic E-state index is 10.3. The van der Waals surface area contributed by atoms with Crippen molar-refractivity contribution < 1.29 is 5.11 Å². The predicted molar refractivity (Wildman–Crippen MR) is 72.1 cm³/mol. The van der Waals surface area contributed by atoms with E-state index in [0.717, 1.165) is 40.2 Å². The zero-order valence-corrected chi connectivity index (χ0v) is 11.5. The molecule has 1 unspecified atom stereocenters. The zero-order valence-electron chi connectivity index (χ0n) is 10.7. The summed E-state index contributed by atoms with van der Waals surface area (Å²) in [6, 6.07) is 0.484. The highest BCUT2D eigenvalue weighted by Crippen LogP contribution is 2.36. The molecule has 3 heteroatoms. The number of rotatable bonds is 2. The highest BCUT2D eigenvalue weighted by molar-refractivity contribution is 6.32. The van der Waals surface area contributed by atoms with Crippen LogP contribution >= 0.6 is 11.6 Å². The highest BCUT2D eigenvalue weighted by Gasteiger charge is 2.21. The molecule has 17 heavy (non-hydrogen) atoms. The number of nitrogens with one attached hydrogen (secondary N) is 1. The topological polar surface area (TPSA) is 32.3 Å². The molecule has 1 aliphatic rings. The van der Waals surface area contributed by atoms with Gasteiger partial charge in [-0.05, 0) is 63.3 Å². The van der Waals surface area contributed by atoms with Crippen LogP contribution in [0.15, 0.2) is 0 Å². The smallest absolute Gasteiger partial charge is 0.122 e. The first kappa shape index (κ1) is 12.7. The molecule has 0 spiro atoms. The minimum Gasteiger partial charge on any atom is -0.507 e. The summed E-state index contributed by atoms with van der Waals surface area (Å²) in [6.45, 7) is 6.98. The fourth-order valence-electron chi connectivity index (χ4n) is 2.59. The Bertz CT molecular complexity index is 407. The summed E-state index contributed by atoms with van der Waals surface area (Å²) in [5.41, 5.74) is 3.94. The first-order chi connectivity index (χ1) is 8.02. The fraction of sp³-hybridized carbons (Fsp3) is 0.571. The molecule has 1 heterocycles. The van der Waals surface area contributed by atoms with E-state index in [2.05, 4.69) is 5.32 Å². The first-order valence-electron chi connectivity index (χ1n) is 6.22. The Morgan fingerprint density at radius 1 is 1.24 bits per heavy atom. The molecule has 1 saturated heterocycles. The number of phenolic OH excluding ortho intramolecular Hbond substituents is 1. The van der Waals surface area contributed by atoms with Crippen molar-refractivity contribution in [3.05, 3.63) is 27.3 Å². The van der Waals surface area contributed by atoms with Gasteiger partial charge in [0.2, 0.25) is 0 Å². The second-order valence-electron chi connectivity index (χ2n) is 5.01. The summed E-state index contributed by atoms with van der Waals surface area (Å²) < 4.78 is 0. The molecular formula is C14H20ClNO. The Morgan fingerprint density at radius 2 is 1.94 bits per heavy atom. The Labute approximate surface area is 108 Å².